The van der Waals surface area contributed by atoms with Crippen LogP contribution < -0.4 is 0 Å². The van der Waals surface area contributed by atoms with Gasteiger partial charge in [-0.2, -0.15) is 0 Å². The first-order valence-corrected chi connectivity index (χ1v) is 26.0. The Labute approximate surface area is 417 Å². The minimum atomic E-state index is -2.13. The number of aliphatic hydroxyl groups excluding tert-OH is 3. The van der Waals surface area contributed by atoms with Crippen molar-refractivity contribution in [2.45, 2.75) is 143 Å². The molecule has 8 saturated carbocycles. The first kappa shape index (κ1) is 50.5. The van der Waals surface area contributed by atoms with Crippen molar-refractivity contribution in [1.82, 2.24) is 0 Å². The van der Waals surface area contributed by atoms with Gasteiger partial charge in [0.25, 0.3) is 0 Å². The molecule has 2 aromatic carbocycles. The lowest BCUT2D eigenvalue weighted by atomic mass is 9.34. The average molecular weight is 979 g/mol. The fraction of sp³-hybridized carbons (Fsp3) is 0.655. The third kappa shape index (κ3) is 6.11. The minimum absolute atomic E-state index is 0.154. The summed E-state index contributed by atoms with van der Waals surface area (Å²) >= 11 is 0. The van der Waals surface area contributed by atoms with Crippen molar-refractivity contribution in [2.24, 2.45) is 79.8 Å². The lowest BCUT2D eigenvalue weighted by molar-refractivity contribution is -0.455. The second kappa shape index (κ2) is 16.2. The summed E-state index contributed by atoms with van der Waals surface area (Å²) in [5, 5.41) is 66.9. The van der Waals surface area contributed by atoms with Gasteiger partial charge in [0.05, 0.1) is 30.4 Å². The minimum Gasteiger partial charge on any atom is -0.478 e. The number of ketones is 2. The quantitative estimate of drug-likeness (QED) is 0.133. The largest absolute Gasteiger partial charge is 0.478 e. The van der Waals surface area contributed by atoms with Crippen molar-refractivity contribution >= 4 is 23.5 Å². The molecule has 13 heteroatoms. The fourth-order valence-corrected chi connectivity index (χ4v) is 18.2. The zero-order valence-electron chi connectivity index (χ0n) is 42.6. The van der Waals surface area contributed by atoms with Crippen LogP contribution in [-0.4, -0.2) is 103 Å². The van der Waals surface area contributed by atoms with Crippen LogP contribution in [0.5, 0.6) is 0 Å². The molecule has 71 heavy (non-hydrogen) atoms. The molecule has 18 atom stereocenters. The van der Waals surface area contributed by atoms with Crippen LogP contribution in [0, 0.1) is 93.7 Å². The summed E-state index contributed by atoms with van der Waals surface area (Å²) in [6.45, 7) is 25.6. The number of benzene rings is 2. The maximum atomic E-state index is 14.2. The van der Waals surface area contributed by atoms with Crippen molar-refractivity contribution in [3.8, 4) is 0 Å². The van der Waals surface area contributed by atoms with Gasteiger partial charge in [-0.3, -0.25) is 9.59 Å². The summed E-state index contributed by atoms with van der Waals surface area (Å²) in [5.74, 6) is -7.28. The van der Waals surface area contributed by atoms with Crippen molar-refractivity contribution in [1.29, 1.82) is 0 Å². The fourth-order valence-electron chi connectivity index (χ4n) is 18.2. The second-order valence-electron chi connectivity index (χ2n) is 25.1. The van der Waals surface area contributed by atoms with Gasteiger partial charge in [-0.1, -0.05) is 90.1 Å². The molecule has 384 valence electrons. The van der Waals surface area contributed by atoms with E-state index in [-0.39, 0.29) is 63.8 Å². The lowest BCUT2D eigenvalue weighted by Crippen LogP contribution is -2.85. The number of carbonyl (C=O) groups is 4. The lowest BCUT2D eigenvalue weighted by Gasteiger charge is -2.75. The highest BCUT2D eigenvalue weighted by molar-refractivity contribution is 6.06. The topological polar surface area (TPSA) is 217 Å². The number of carbonyl (C=O) groups excluding carboxylic acids is 3. The van der Waals surface area contributed by atoms with Gasteiger partial charge < -0.3 is 44.8 Å². The molecule has 13 nitrogen and oxygen atoms in total. The van der Waals surface area contributed by atoms with Gasteiger partial charge in [-0.05, 0) is 135 Å². The second-order valence-corrected chi connectivity index (χ2v) is 25.1. The zero-order chi connectivity index (χ0) is 51.6. The third-order valence-electron chi connectivity index (χ3n) is 21.5. The third-order valence-corrected chi connectivity index (χ3v) is 21.5. The molecule has 4 heterocycles. The van der Waals surface area contributed by atoms with E-state index in [1.165, 1.54) is 0 Å². The summed E-state index contributed by atoms with van der Waals surface area (Å²) in [4.78, 5) is 51.2. The van der Waals surface area contributed by atoms with Crippen molar-refractivity contribution < 1.29 is 64.0 Å². The van der Waals surface area contributed by atoms with Crippen LogP contribution in [0.4, 0.5) is 0 Å². The molecule has 0 radical (unpaired) electrons. The number of aryl methyl sites for hydroxylation is 2. The summed E-state index contributed by atoms with van der Waals surface area (Å²) < 4.78 is 18.3. The van der Waals surface area contributed by atoms with E-state index < -0.39 is 75.5 Å². The van der Waals surface area contributed by atoms with E-state index in [1.807, 2.05) is 26.0 Å². The molecule has 2 aromatic rings. The smallest absolute Gasteiger partial charge is 0.338 e. The number of carboxylic acid groups (broad SMARTS) is 1. The number of fused-ring (bicyclic) bond motifs is 4. The van der Waals surface area contributed by atoms with Crippen LogP contribution in [0.15, 0.2) is 72.8 Å². The van der Waals surface area contributed by atoms with E-state index in [0.717, 1.165) is 43.2 Å². The normalized spacial score (nSPS) is 46.5. The van der Waals surface area contributed by atoms with E-state index in [4.69, 9.17) is 19.3 Å². The summed E-state index contributed by atoms with van der Waals surface area (Å²) in [7, 11) is 0. The Kier molecular flexibility index (Phi) is 11.5. The number of ether oxygens (including phenoxy) is 3. The monoisotopic (exact) mass is 979 g/mol. The first-order chi connectivity index (χ1) is 33.2. The van der Waals surface area contributed by atoms with Crippen LogP contribution in [0.3, 0.4) is 0 Å². The predicted molar refractivity (Wildman–Crippen MR) is 260 cm³/mol. The molecule has 6 N–H and O–H groups in total. The van der Waals surface area contributed by atoms with Gasteiger partial charge in [0.2, 0.25) is 11.6 Å². The molecule has 0 amide bonds. The van der Waals surface area contributed by atoms with Crippen LogP contribution in [-0.2, 0) is 23.8 Å². The van der Waals surface area contributed by atoms with Gasteiger partial charge in [0.15, 0.2) is 11.6 Å². The number of aromatic carboxylic acids is 1. The molecule has 4 saturated heterocycles. The Morgan fingerprint density at radius 1 is 0.606 bits per heavy atom. The van der Waals surface area contributed by atoms with E-state index >= 15 is 0 Å². The maximum absolute atomic E-state index is 14.2. The maximum Gasteiger partial charge on any atom is 0.338 e. The summed E-state index contributed by atoms with van der Waals surface area (Å²) in [6.07, 6.45) is 2.31. The number of hydrogen-bond acceptors (Lipinski definition) is 12. The average Bonchev–Trinajstić information content (AvgIpc) is 3.49. The molecule has 12 aliphatic rings. The SMILES string of the molecule is C=C1C(=O)[C@]23[C@H](O)[C@H]1CC[C@H]2[C@@]12CO[C@@]3(O)[C@@H](O)[C@@H]1C(C)(C)CC[C@@H]2C.C=C1C(=O)[C@]23[C@H](OC(=O)c4ccc(C)cc4)[C@H]1CC[C@H]2[C@@]12CO[C@@]3(O)[C@@H](O)[C@@H]1C(C)(C)CC[C@@H]2C.Cc1ccc(C(=O)O)cc1. The number of aliphatic hydroxyl groups is 5. The van der Waals surface area contributed by atoms with Crippen molar-refractivity contribution in [2.75, 3.05) is 13.2 Å². The van der Waals surface area contributed by atoms with Crippen LogP contribution in [0.25, 0.3) is 0 Å². The molecule has 8 bridgehead atoms. The highest BCUT2D eigenvalue weighted by atomic mass is 16.7. The highest BCUT2D eigenvalue weighted by Gasteiger charge is 2.88. The molecular weight excluding hydrogens is 905 g/mol. The molecule has 14 rings (SSSR count). The van der Waals surface area contributed by atoms with Gasteiger partial charge in [-0.15, -0.1) is 0 Å². The first-order valence-electron chi connectivity index (χ1n) is 26.0. The number of Topliss-reactive ketones (excluding diaryl/α,β-unsaturated/α-hetero) is 2. The molecule has 12 fully saturated rings. The number of carboxylic acids is 1. The van der Waals surface area contributed by atoms with E-state index in [0.29, 0.717) is 54.7 Å². The number of hydrogen-bond donors (Lipinski definition) is 6. The highest BCUT2D eigenvalue weighted by Crippen LogP contribution is 2.79. The van der Waals surface area contributed by atoms with Gasteiger partial charge in [-0.25, -0.2) is 9.59 Å². The van der Waals surface area contributed by atoms with E-state index in [1.54, 1.807) is 36.4 Å². The molecule has 8 aliphatic carbocycles. The molecule has 0 unspecified atom stereocenters. The number of rotatable bonds is 3. The molecule has 4 spiro atoms. The van der Waals surface area contributed by atoms with Gasteiger partial charge in [0, 0.05) is 34.5 Å². The van der Waals surface area contributed by atoms with E-state index in [9.17, 15) is 44.7 Å². The van der Waals surface area contributed by atoms with Crippen LogP contribution in [0.2, 0.25) is 0 Å². The summed E-state index contributed by atoms with van der Waals surface area (Å²) in [5.41, 5.74) is -0.708. The van der Waals surface area contributed by atoms with E-state index in [2.05, 4.69) is 54.7 Å². The Balaban J connectivity index is 0.000000141. The Morgan fingerprint density at radius 3 is 1.49 bits per heavy atom. The van der Waals surface area contributed by atoms with Crippen molar-refractivity contribution in [3.05, 3.63) is 95.1 Å². The molecule has 4 aliphatic heterocycles. The Hall–Kier alpha value is -4.08. The standard InChI is InChI=1S/C29H36O6.C21H30O5.C8H8O2/c1-15-6-8-18(9-7-15)25(32)35-24-19-10-11-20-27-14-34-29(33,28(20,24)22(30)17(19)3)23(31)21(27)26(4,5)13-12-16(27)2;1-10-7-8-18(3,4)14-17(24)21(25)20-13(19(10,14)9-26-21)6-5-12(16(20)23)11(2)15(20)22;1-6-2-4-7(5-3-6)8(9)10/h6-9,16,19-21,23-24,31,33H,3,10-14H2,1-2,4-5H3;10,12-14,16-17,23-25H,2,5-9H2,1,3-4H3;2-5H,1H3,(H,9,10)/t16-,19-,20-,21+,23-,24+,27-,28-,29-;10-,12-,13-,14+,16+,17-,19-,20-,21-;/m00./s1. The summed E-state index contributed by atoms with van der Waals surface area (Å²) in [6, 6.07) is 13.9. The Bertz CT molecular complexity index is 2580. The van der Waals surface area contributed by atoms with Crippen LogP contribution in [0.1, 0.15) is 125 Å². The van der Waals surface area contributed by atoms with Crippen LogP contribution >= 0.6 is 0 Å². The van der Waals surface area contributed by atoms with Gasteiger partial charge >= 0.3 is 11.9 Å². The molecular formula is C58H74O13. The Morgan fingerprint density at radius 2 is 1.01 bits per heavy atom. The molecule has 0 aromatic heterocycles. The number of esters is 1. The zero-order valence-corrected chi connectivity index (χ0v) is 42.6. The predicted octanol–water partition coefficient (Wildman–Crippen LogP) is 7.17. The van der Waals surface area contributed by atoms with Gasteiger partial charge in [0.1, 0.15) is 29.1 Å². The van der Waals surface area contributed by atoms with Crippen molar-refractivity contribution in [3.63, 3.8) is 0 Å².